The molecule has 0 aliphatic rings. The number of nitrogens with zero attached hydrogens (tertiary/aromatic N) is 5. The molecule has 0 aliphatic heterocycles. The minimum absolute atomic E-state index is 0.239. The highest BCUT2D eigenvalue weighted by Crippen LogP contribution is 2.29. The molecular weight excluding hydrogens is 344 g/mol. The topological polar surface area (TPSA) is 131 Å². The Hall–Kier alpha value is -4.01. The molecule has 4 N–H and O–H groups in total. The third-order valence-electron chi connectivity index (χ3n) is 4.52. The summed E-state index contributed by atoms with van der Waals surface area (Å²) in [5.74, 6) is 0.239. The fourth-order valence-electron chi connectivity index (χ4n) is 3.26. The number of nitrogens with two attached hydrogens (primary N) is 1. The Morgan fingerprint density at radius 2 is 2.07 bits per heavy atom. The van der Waals surface area contributed by atoms with Crippen molar-refractivity contribution >= 4 is 22.5 Å². The van der Waals surface area contributed by atoms with Gasteiger partial charge in [-0.05, 0) is 36.8 Å². The van der Waals surface area contributed by atoms with Gasteiger partial charge < -0.3 is 10.7 Å². The van der Waals surface area contributed by atoms with E-state index in [-0.39, 0.29) is 11.4 Å². The van der Waals surface area contributed by atoms with E-state index in [0.29, 0.717) is 28.1 Å². The zero-order valence-electron chi connectivity index (χ0n) is 14.3. The monoisotopic (exact) mass is 358 g/mol. The number of nitrogens with one attached hydrogen (secondary N) is 2. The number of aromatic nitrogens is 7. The second-order valence-corrected chi connectivity index (χ2v) is 6.25. The van der Waals surface area contributed by atoms with E-state index in [2.05, 4.69) is 30.5 Å². The molecule has 0 unspecified atom stereocenters. The molecule has 0 atom stereocenters. The Kier molecular flexibility index (Phi) is 3.11. The first-order valence-corrected chi connectivity index (χ1v) is 8.26. The van der Waals surface area contributed by atoms with Crippen LogP contribution in [-0.2, 0) is 0 Å². The summed E-state index contributed by atoms with van der Waals surface area (Å²) in [5, 5.41) is 14.9. The standard InChI is InChI=1S/C18H14N8O/c1-9-6-13-14(23-25-22-13)7-10(9)12-8-15(27)26-18(21-12)16(17(19)24-26)11-4-2-3-5-20-11/h2-8,21H,1H3,(H2,19,24)(H,22,23,25). The summed E-state index contributed by atoms with van der Waals surface area (Å²) < 4.78 is 1.26. The van der Waals surface area contributed by atoms with Gasteiger partial charge in [-0.25, -0.2) is 0 Å². The Morgan fingerprint density at radius 1 is 1.19 bits per heavy atom. The number of anilines is 1. The van der Waals surface area contributed by atoms with Crippen molar-refractivity contribution in [3.05, 3.63) is 58.5 Å². The van der Waals surface area contributed by atoms with Crippen LogP contribution in [0.5, 0.6) is 0 Å². The Morgan fingerprint density at radius 3 is 2.89 bits per heavy atom. The first kappa shape index (κ1) is 15.3. The molecule has 27 heavy (non-hydrogen) atoms. The van der Waals surface area contributed by atoms with Crippen LogP contribution in [0.3, 0.4) is 0 Å². The lowest BCUT2D eigenvalue weighted by molar-refractivity contribution is 0.906. The van der Waals surface area contributed by atoms with Crippen LogP contribution >= 0.6 is 0 Å². The lowest BCUT2D eigenvalue weighted by Gasteiger charge is -2.07. The molecular formula is C18H14N8O. The van der Waals surface area contributed by atoms with Gasteiger partial charge in [0.15, 0.2) is 5.82 Å². The summed E-state index contributed by atoms with van der Waals surface area (Å²) in [4.78, 5) is 20.3. The van der Waals surface area contributed by atoms with Crippen molar-refractivity contribution in [3.8, 4) is 22.5 Å². The fourth-order valence-corrected chi connectivity index (χ4v) is 3.26. The SMILES string of the molecule is Cc1cc2[nH]nnc2cc1-c1cc(=O)n2nc(N)c(-c3ccccn3)c2[nH]1. The second-order valence-electron chi connectivity index (χ2n) is 6.25. The van der Waals surface area contributed by atoms with E-state index < -0.39 is 0 Å². The molecule has 4 aromatic heterocycles. The molecule has 132 valence electrons. The number of hydrogen-bond acceptors (Lipinski definition) is 6. The maximum Gasteiger partial charge on any atom is 0.274 e. The molecule has 4 heterocycles. The van der Waals surface area contributed by atoms with E-state index in [1.54, 1.807) is 6.20 Å². The van der Waals surface area contributed by atoms with Crippen LogP contribution in [-0.4, -0.2) is 35.0 Å². The molecule has 9 nitrogen and oxygen atoms in total. The lowest BCUT2D eigenvalue weighted by Crippen LogP contribution is -2.14. The van der Waals surface area contributed by atoms with Gasteiger partial charge in [0.2, 0.25) is 0 Å². The van der Waals surface area contributed by atoms with Crippen molar-refractivity contribution < 1.29 is 0 Å². The van der Waals surface area contributed by atoms with Gasteiger partial charge in [-0.2, -0.15) is 4.52 Å². The number of aryl methyl sites for hydroxylation is 1. The van der Waals surface area contributed by atoms with Gasteiger partial charge >= 0.3 is 0 Å². The Bertz CT molecular complexity index is 1360. The first-order valence-electron chi connectivity index (χ1n) is 8.26. The summed E-state index contributed by atoms with van der Waals surface area (Å²) in [6, 6.07) is 10.8. The number of hydrogen-bond donors (Lipinski definition) is 3. The van der Waals surface area contributed by atoms with Crippen molar-refractivity contribution in [1.29, 1.82) is 0 Å². The van der Waals surface area contributed by atoms with E-state index in [1.807, 2.05) is 37.3 Å². The van der Waals surface area contributed by atoms with Gasteiger partial charge in [-0.3, -0.25) is 14.9 Å². The molecule has 5 rings (SSSR count). The quantitative estimate of drug-likeness (QED) is 0.442. The van der Waals surface area contributed by atoms with E-state index in [1.165, 1.54) is 10.6 Å². The van der Waals surface area contributed by atoms with Crippen LogP contribution in [0.25, 0.3) is 39.2 Å². The van der Waals surface area contributed by atoms with Crippen molar-refractivity contribution in [1.82, 2.24) is 35.0 Å². The van der Waals surface area contributed by atoms with Gasteiger partial charge in [0.1, 0.15) is 11.2 Å². The van der Waals surface area contributed by atoms with Crippen LogP contribution < -0.4 is 11.3 Å². The fraction of sp³-hybridized carbons (Fsp3) is 0.0556. The van der Waals surface area contributed by atoms with Crippen LogP contribution in [0.1, 0.15) is 5.56 Å². The van der Waals surface area contributed by atoms with Gasteiger partial charge in [-0.1, -0.05) is 11.3 Å². The van der Waals surface area contributed by atoms with Crippen LogP contribution in [0, 0.1) is 6.92 Å². The summed E-state index contributed by atoms with van der Waals surface area (Å²) in [5.41, 5.74) is 11.5. The molecule has 0 spiro atoms. The molecule has 1 aromatic carbocycles. The third-order valence-corrected chi connectivity index (χ3v) is 4.52. The van der Waals surface area contributed by atoms with Gasteiger partial charge in [0, 0.05) is 17.8 Å². The van der Waals surface area contributed by atoms with Crippen LogP contribution in [0.2, 0.25) is 0 Å². The average molecular weight is 358 g/mol. The van der Waals surface area contributed by atoms with Crippen molar-refractivity contribution in [2.45, 2.75) is 6.92 Å². The maximum absolute atomic E-state index is 12.7. The predicted octanol–water partition coefficient (Wildman–Crippen LogP) is 1.91. The molecule has 0 fully saturated rings. The zero-order chi connectivity index (χ0) is 18.5. The molecule has 0 radical (unpaired) electrons. The summed E-state index contributed by atoms with van der Waals surface area (Å²) in [7, 11) is 0. The highest BCUT2D eigenvalue weighted by atomic mass is 16.1. The van der Waals surface area contributed by atoms with Crippen LogP contribution in [0.15, 0.2) is 47.4 Å². The summed E-state index contributed by atoms with van der Waals surface area (Å²) >= 11 is 0. The molecule has 0 saturated carbocycles. The normalized spacial score (nSPS) is 11.4. The molecule has 0 aliphatic carbocycles. The second kappa shape index (κ2) is 5.49. The zero-order valence-corrected chi connectivity index (χ0v) is 14.3. The number of benzene rings is 1. The molecule has 5 aromatic rings. The number of aromatic amines is 2. The Labute approximate surface area is 151 Å². The molecule has 0 amide bonds. The highest BCUT2D eigenvalue weighted by Gasteiger charge is 2.17. The summed E-state index contributed by atoms with van der Waals surface area (Å²) in [6.07, 6.45) is 1.67. The minimum atomic E-state index is -0.285. The number of H-pyrrole nitrogens is 2. The summed E-state index contributed by atoms with van der Waals surface area (Å²) in [6.45, 7) is 1.96. The number of nitrogen functional groups attached to an aromatic ring is 1. The largest absolute Gasteiger partial charge is 0.382 e. The van der Waals surface area contributed by atoms with E-state index in [4.69, 9.17) is 5.73 Å². The molecule has 0 saturated heterocycles. The highest BCUT2D eigenvalue weighted by molar-refractivity contribution is 5.86. The number of fused-ring (bicyclic) bond motifs is 2. The number of pyridine rings is 1. The lowest BCUT2D eigenvalue weighted by atomic mass is 10.0. The van der Waals surface area contributed by atoms with E-state index in [9.17, 15) is 4.79 Å². The van der Waals surface area contributed by atoms with E-state index >= 15 is 0 Å². The van der Waals surface area contributed by atoms with Crippen molar-refractivity contribution in [2.75, 3.05) is 5.73 Å². The van der Waals surface area contributed by atoms with Gasteiger partial charge in [-0.15, -0.1) is 10.2 Å². The van der Waals surface area contributed by atoms with Crippen LogP contribution in [0.4, 0.5) is 5.82 Å². The van der Waals surface area contributed by atoms with E-state index in [0.717, 1.165) is 16.6 Å². The number of rotatable bonds is 2. The molecule has 9 heteroatoms. The van der Waals surface area contributed by atoms with Gasteiger partial charge in [0.25, 0.3) is 5.56 Å². The Balaban J connectivity index is 1.81. The van der Waals surface area contributed by atoms with Gasteiger partial charge in [0.05, 0.1) is 22.5 Å². The minimum Gasteiger partial charge on any atom is -0.382 e. The van der Waals surface area contributed by atoms with Crippen molar-refractivity contribution in [2.24, 2.45) is 0 Å². The predicted molar refractivity (Wildman–Crippen MR) is 101 cm³/mol. The smallest absolute Gasteiger partial charge is 0.274 e. The molecule has 0 bridgehead atoms. The first-order chi connectivity index (χ1) is 13.1. The maximum atomic E-state index is 12.7. The third kappa shape index (κ3) is 2.29. The van der Waals surface area contributed by atoms with Crippen molar-refractivity contribution in [3.63, 3.8) is 0 Å². The average Bonchev–Trinajstić information content (AvgIpc) is 3.25.